The molecule has 0 aliphatic carbocycles. The van der Waals surface area contributed by atoms with Crippen molar-refractivity contribution >= 4 is 17.4 Å². The van der Waals surface area contributed by atoms with Crippen molar-refractivity contribution in [3.8, 4) is 0 Å². The lowest BCUT2D eigenvalue weighted by atomic mass is 10.1. The van der Waals surface area contributed by atoms with Gasteiger partial charge in [0.2, 0.25) is 0 Å². The van der Waals surface area contributed by atoms with Gasteiger partial charge in [-0.15, -0.1) is 11.8 Å². The SMILES string of the molecule is CSc1ccc(C(CN)N2CCc3ccccc32)cc1. The van der Waals surface area contributed by atoms with E-state index in [9.17, 15) is 0 Å². The minimum Gasteiger partial charge on any atom is -0.363 e. The van der Waals surface area contributed by atoms with E-state index >= 15 is 0 Å². The number of benzene rings is 2. The van der Waals surface area contributed by atoms with E-state index in [4.69, 9.17) is 5.73 Å². The van der Waals surface area contributed by atoms with Crippen LogP contribution in [0, 0.1) is 0 Å². The molecule has 1 atom stereocenters. The van der Waals surface area contributed by atoms with Crippen molar-refractivity contribution in [1.29, 1.82) is 0 Å². The molecule has 3 heteroatoms. The number of fused-ring (bicyclic) bond motifs is 1. The van der Waals surface area contributed by atoms with Gasteiger partial charge in [0.15, 0.2) is 0 Å². The van der Waals surface area contributed by atoms with Crippen LogP contribution in [-0.4, -0.2) is 19.3 Å². The van der Waals surface area contributed by atoms with Gasteiger partial charge in [-0.25, -0.2) is 0 Å². The molecule has 0 bridgehead atoms. The average Bonchev–Trinajstić information content (AvgIpc) is 2.93. The van der Waals surface area contributed by atoms with E-state index in [1.165, 1.54) is 21.7 Å². The summed E-state index contributed by atoms with van der Waals surface area (Å²) in [6.07, 6.45) is 3.22. The molecule has 2 aromatic rings. The van der Waals surface area contributed by atoms with Gasteiger partial charge in [0.1, 0.15) is 0 Å². The van der Waals surface area contributed by atoms with Crippen LogP contribution in [-0.2, 0) is 6.42 Å². The summed E-state index contributed by atoms with van der Waals surface area (Å²) >= 11 is 1.77. The zero-order valence-corrected chi connectivity index (χ0v) is 12.6. The van der Waals surface area contributed by atoms with Crippen molar-refractivity contribution in [1.82, 2.24) is 0 Å². The number of para-hydroxylation sites is 1. The predicted molar refractivity (Wildman–Crippen MR) is 87.5 cm³/mol. The van der Waals surface area contributed by atoms with E-state index in [0.29, 0.717) is 6.54 Å². The first-order valence-corrected chi connectivity index (χ1v) is 8.24. The van der Waals surface area contributed by atoms with E-state index in [1.807, 2.05) is 0 Å². The first-order valence-electron chi connectivity index (χ1n) is 7.02. The molecule has 2 nitrogen and oxygen atoms in total. The number of rotatable bonds is 4. The third-order valence-electron chi connectivity index (χ3n) is 4.02. The van der Waals surface area contributed by atoms with Crippen LogP contribution in [0.3, 0.4) is 0 Å². The van der Waals surface area contributed by atoms with Gasteiger partial charge in [0.25, 0.3) is 0 Å². The third kappa shape index (κ3) is 2.43. The average molecular weight is 284 g/mol. The second-order valence-electron chi connectivity index (χ2n) is 5.10. The Morgan fingerprint density at radius 3 is 2.60 bits per heavy atom. The van der Waals surface area contributed by atoms with Crippen LogP contribution in [0.25, 0.3) is 0 Å². The molecule has 3 rings (SSSR count). The molecule has 1 heterocycles. The molecular weight excluding hydrogens is 264 g/mol. The maximum Gasteiger partial charge on any atom is 0.0665 e. The predicted octanol–water partition coefficient (Wildman–Crippen LogP) is 3.47. The van der Waals surface area contributed by atoms with Gasteiger partial charge in [-0.1, -0.05) is 30.3 Å². The number of nitrogens with two attached hydrogens (primary N) is 1. The summed E-state index contributed by atoms with van der Waals surface area (Å²) in [6, 6.07) is 17.7. The lowest BCUT2D eigenvalue weighted by Gasteiger charge is -2.30. The van der Waals surface area contributed by atoms with Crippen LogP contribution in [0.1, 0.15) is 17.2 Å². The first kappa shape index (κ1) is 13.5. The Balaban J connectivity index is 1.90. The van der Waals surface area contributed by atoms with Crippen molar-refractivity contribution in [2.75, 3.05) is 24.2 Å². The van der Waals surface area contributed by atoms with Crippen LogP contribution in [0.4, 0.5) is 5.69 Å². The molecule has 0 saturated carbocycles. The molecule has 1 aliphatic rings. The molecule has 1 unspecified atom stereocenters. The summed E-state index contributed by atoms with van der Waals surface area (Å²) in [4.78, 5) is 3.75. The normalized spacial score (nSPS) is 15.2. The van der Waals surface area contributed by atoms with Gasteiger partial charge in [-0.2, -0.15) is 0 Å². The molecule has 0 radical (unpaired) electrons. The zero-order valence-electron chi connectivity index (χ0n) is 11.8. The number of thioether (sulfide) groups is 1. The smallest absolute Gasteiger partial charge is 0.0665 e. The Labute approximate surface area is 125 Å². The highest BCUT2D eigenvalue weighted by molar-refractivity contribution is 7.98. The number of anilines is 1. The second kappa shape index (κ2) is 5.90. The summed E-state index contributed by atoms with van der Waals surface area (Å²) in [5.41, 5.74) is 10.2. The Hall–Kier alpha value is -1.45. The van der Waals surface area contributed by atoms with Crippen LogP contribution >= 0.6 is 11.8 Å². The second-order valence-corrected chi connectivity index (χ2v) is 5.98. The zero-order chi connectivity index (χ0) is 13.9. The lowest BCUT2D eigenvalue weighted by molar-refractivity contribution is 0.648. The van der Waals surface area contributed by atoms with Crippen molar-refractivity contribution in [2.45, 2.75) is 17.4 Å². The van der Waals surface area contributed by atoms with Crippen molar-refractivity contribution in [3.63, 3.8) is 0 Å². The Morgan fingerprint density at radius 1 is 1.15 bits per heavy atom. The largest absolute Gasteiger partial charge is 0.363 e. The Bertz CT molecular complexity index is 580. The fourth-order valence-corrected chi connectivity index (χ4v) is 3.37. The fraction of sp³-hybridized carbons (Fsp3) is 0.294. The molecule has 1 aliphatic heterocycles. The van der Waals surface area contributed by atoms with Crippen LogP contribution in [0.2, 0.25) is 0 Å². The number of nitrogens with zero attached hydrogens (tertiary/aromatic N) is 1. The van der Waals surface area contributed by atoms with Crippen LogP contribution < -0.4 is 10.6 Å². The topological polar surface area (TPSA) is 29.3 Å². The van der Waals surface area contributed by atoms with Gasteiger partial charge < -0.3 is 10.6 Å². The highest BCUT2D eigenvalue weighted by Gasteiger charge is 2.25. The highest BCUT2D eigenvalue weighted by Crippen LogP contribution is 2.34. The molecule has 0 amide bonds. The molecule has 2 aromatic carbocycles. The molecule has 0 fully saturated rings. The quantitative estimate of drug-likeness (QED) is 0.872. The molecule has 2 N–H and O–H groups in total. The van der Waals surface area contributed by atoms with Crippen LogP contribution in [0.5, 0.6) is 0 Å². The van der Waals surface area contributed by atoms with Crippen molar-refractivity contribution in [2.24, 2.45) is 5.73 Å². The summed E-state index contributed by atoms with van der Waals surface area (Å²) in [7, 11) is 0. The summed E-state index contributed by atoms with van der Waals surface area (Å²) in [6.45, 7) is 1.71. The molecular formula is C17H20N2S. The summed E-state index contributed by atoms with van der Waals surface area (Å²) in [5.74, 6) is 0. The van der Waals surface area contributed by atoms with E-state index in [-0.39, 0.29) is 6.04 Å². The standard InChI is InChI=1S/C17H20N2S/c1-20-15-8-6-14(7-9-15)17(12-18)19-11-10-13-4-2-3-5-16(13)19/h2-9,17H,10-12,18H2,1H3. The molecule has 0 saturated heterocycles. The van der Waals surface area contributed by atoms with Gasteiger partial charge >= 0.3 is 0 Å². The van der Waals surface area contributed by atoms with E-state index in [0.717, 1.165) is 13.0 Å². The van der Waals surface area contributed by atoms with Crippen molar-refractivity contribution in [3.05, 3.63) is 59.7 Å². The minimum atomic E-state index is 0.273. The van der Waals surface area contributed by atoms with Crippen LogP contribution in [0.15, 0.2) is 53.4 Å². The maximum absolute atomic E-state index is 6.07. The molecule has 0 aromatic heterocycles. The molecule has 0 spiro atoms. The van der Waals surface area contributed by atoms with E-state index < -0.39 is 0 Å². The Morgan fingerprint density at radius 2 is 1.90 bits per heavy atom. The van der Waals surface area contributed by atoms with E-state index in [1.54, 1.807) is 11.8 Å². The molecule has 20 heavy (non-hydrogen) atoms. The highest BCUT2D eigenvalue weighted by atomic mass is 32.2. The minimum absolute atomic E-state index is 0.273. The Kier molecular flexibility index (Phi) is 3.99. The van der Waals surface area contributed by atoms with Crippen molar-refractivity contribution < 1.29 is 0 Å². The first-order chi connectivity index (χ1) is 9.83. The third-order valence-corrected chi connectivity index (χ3v) is 4.77. The summed E-state index contributed by atoms with van der Waals surface area (Å²) in [5, 5.41) is 0. The summed E-state index contributed by atoms with van der Waals surface area (Å²) < 4.78 is 0. The van der Waals surface area contributed by atoms with Gasteiger partial charge in [-0.05, 0) is 42.0 Å². The van der Waals surface area contributed by atoms with Gasteiger partial charge in [0.05, 0.1) is 6.04 Å². The number of hydrogen-bond acceptors (Lipinski definition) is 3. The van der Waals surface area contributed by atoms with E-state index in [2.05, 4.69) is 59.7 Å². The van der Waals surface area contributed by atoms with Gasteiger partial charge in [0, 0.05) is 23.7 Å². The molecule has 104 valence electrons. The lowest BCUT2D eigenvalue weighted by Crippen LogP contribution is -2.32. The number of hydrogen-bond donors (Lipinski definition) is 1. The maximum atomic E-state index is 6.07. The fourth-order valence-electron chi connectivity index (χ4n) is 2.96. The monoisotopic (exact) mass is 284 g/mol. The van der Waals surface area contributed by atoms with Gasteiger partial charge in [-0.3, -0.25) is 0 Å².